The fourth-order valence-corrected chi connectivity index (χ4v) is 6.74. The summed E-state index contributed by atoms with van der Waals surface area (Å²) in [6, 6.07) is 8.12. The molecule has 1 unspecified atom stereocenters. The Hall–Kier alpha value is -3.61. The Morgan fingerprint density at radius 3 is 2.15 bits per heavy atom. The summed E-state index contributed by atoms with van der Waals surface area (Å²) in [5, 5.41) is 0. The highest BCUT2D eigenvalue weighted by molar-refractivity contribution is 5.77. The second-order valence-electron chi connectivity index (χ2n) is 14.9. The summed E-state index contributed by atoms with van der Waals surface area (Å²) >= 11 is 0. The van der Waals surface area contributed by atoms with E-state index in [-0.39, 0.29) is 35.5 Å². The number of piperazine rings is 1. The van der Waals surface area contributed by atoms with E-state index >= 15 is 0 Å². The Kier molecular flexibility index (Phi) is 9.68. The lowest BCUT2D eigenvalue weighted by Crippen LogP contribution is -2.60. The fraction of sp³-hybridized carbons (Fsp3) is 0.600. The Bertz CT molecular complexity index is 1480. The van der Waals surface area contributed by atoms with Gasteiger partial charge in [-0.25, -0.2) is 4.79 Å². The SMILES string of the molecule is CC(C)(C)OC(=O)N1CCC(CC(=O)N2CCN(C(c3ccc(C(F)(F)F)cc3)c3cccc4c3OC(F)(F)O4)C[C@@H]2C(C)(C)C)CC1. The van der Waals surface area contributed by atoms with E-state index in [1.165, 1.54) is 18.2 Å². The van der Waals surface area contributed by atoms with Crippen LogP contribution in [0.2, 0.25) is 0 Å². The zero-order chi connectivity index (χ0) is 35.2. The van der Waals surface area contributed by atoms with Crippen molar-refractivity contribution in [2.45, 2.75) is 91.0 Å². The zero-order valence-corrected chi connectivity index (χ0v) is 28.2. The Morgan fingerprint density at radius 1 is 0.917 bits per heavy atom. The second-order valence-corrected chi connectivity index (χ2v) is 14.9. The number of benzene rings is 2. The van der Waals surface area contributed by atoms with Crippen molar-refractivity contribution in [2.24, 2.45) is 11.3 Å². The molecule has 2 aromatic rings. The quantitative estimate of drug-likeness (QED) is 0.301. The molecule has 5 rings (SSSR count). The zero-order valence-electron chi connectivity index (χ0n) is 28.2. The largest absolute Gasteiger partial charge is 0.586 e. The molecular formula is C35H44F5N3O5. The number of amides is 2. The summed E-state index contributed by atoms with van der Waals surface area (Å²) in [6.45, 7) is 13.5. The average molecular weight is 682 g/mol. The first-order chi connectivity index (χ1) is 22.2. The first-order valence-electron chi connectivity index (χ1n) is 16.3. The minimum absolute atomic E-state index is 0.00616. The Morgan fingerprint density at radius 2 is 1.56 bits per heavy atom. The molecule has 8 nitrogen and oxygen atoms in total. The molecule has 0 spiro atoms. The topological polar surface area (TPSA) is 71.6 Å². The highest BCUT2D eigenvalue weighted by Gasteiger charge is 2.47. The van der Waals surface area contributed by atoms with Crippen molar-refractivity contribution < 1.29 is 45.8 Å². The number of carbonyl (C=O) groups excluding carboxylic acids is 2. The minimum Gasteiger partial charge on any atom is -0.444 e. The lowest BCUT2D eigenvalue weighted by Gasteiger charge is -2.50. The van der Waals surface area contributed by atoms with Crippen LogP contribution in [0.25, 0.3) is 0 Å². The number of halogens is 5. The number of para-hydroxylation sites is 1. The highest BCUT2D eigenvalue weighted by atomic mass is 19.4. The molecule has 13 heteroatoms. The van der Waals surface area contributed by atoms with E-state index in [9.17, 15) is 31.5 Å². The average Bonchev–Trinajstić information content (AvgIpc) is 3.30. The van der Waals surface area contributed by atoms with Gasteiger partial charge in [-0.1, -0.05) is 45.0 Å². The van der Waals surface area contributed by atoms with Crippen LogP contribution < -0.4 is 9.47 Å². The van der Waals surface area contributed by atoms with Gasteiger partial charge in [0.25, 0.3) is 0 Å². The van der Waals surface area contributed by atoms with Crippen LogP contribution in [0, 0.1) is 11.3 Å². The molecule has 48 heavy (non-hydrogen) atoms. The maximum absolute atomic E-state index is 14.2. The molecule has 2 saturated heterocycles. The Balaban J connectivity index is 1.37. The van der Waals surface area contributed by atoms with Crippen molar-refractivity contribution in [3.8, 4) is 11.5 Å². The molecule has 2 amide bonds. The van der Waals surface area contributed by atoms with E-state index in [1.54, 1.807) is 17.0 Å². The van der Waals surface area contributed by atoms with Crippen LogP contribution in [-0.4, -0.2) is 77.4 Å². The summed E-state index contributed by atoms with van der Waals surface area (Å²) in [6.07, 6.45) is -7.12. The molecule has 0 aromatic heterocycles. The summed E-state index contributed by atoms with van der Waals surface area (Å²) < 4.78 is 84.0. The molecule has 264 valence electrons. The van der Waals surface area contributed by atoms with Crippen molar-refractivity contribution >= 4 is 12.0 Å². The van der Waals surface area contributed by atoms with Gasteiger partial charge in [-0.05, 0) is 68.7 Å². The predicted octanol–water partition coefficient (Wildman–Crippen LogP) is 7.71. The minimum atomic E-state index is -4.54. The van der Waals surface area contributed by atoms with Crippen molar-refractivity contribution in [1.82, 2.24) is 14.7 Å². The van der Waals surface area contributed by atoms with Crippen LogP contribution in [0.15, 0.2) is 42.5 Å². The molecular weight excluding hydrogens is 637 g/mol. The number of fused-ring (bicyclic) bond motifs is 1. The van der Waals surface area contributed by atoms with Gasteiger partial charge in [-0.3, -0.25) is 9.69 Å². The van der Waals surface area contributed by atoms with Gasteiger partial charge in [0.1, 0.15) is 5.60 Å². The standard InChI is InChI=1S/C35H44F5N3O5/c1-32(2,3)27-21-42(18-19-43(27)28(44)20-22-14-16-41(17-15-22)31(45)48-33(4,5)6)29(23-10-12-24(13-11-23)34(36,37)38)25-8-7-9-26-30(25)47-35(39,40)46-26/h7-13,22,27,29H,14-21H2,1-6H3/t27-,29?/m1/s1. The van der Waals surface area contributed by atoms with E-state index in [0.717, 1.165) is 12.1 Å². The maximum atomic E-state index is 14.2. The van der Waals surface area contributed by atoms with E-state index in [1.807, 2.05) is 51.3 Å². The monoisotopic (exact) mass is 681 g/mol. The molecule has 3 heterocycles. The number of piperidine rings is 1. The van der Waals surface area contributed by atoms with E-state index in [2.05, 4.69) is 0 Å². The van der Waals surface area contributed by atoms with Crippen molar-refractivity contribution in [3.63, 3.8) is 0 Å². The molecule has 0 radical (unpaired) electrons. The fourth-order valence-electron chi connectivity index (χ4n) is 6.74. The number of likely N-dealkylation sites (tertiary alicyclic amines) is 1. The van der Waals surface area contributed by atoms with Crippen LogP contribution in [-0.2, 0) is 15.7 Å². The van der Waals surface area contributed by atoms with Gasteiger partial charge in [-0.2, -0.15) is 13.2 Å². The highest BCUT2D eigenvalue weighted by Crippen LogP contribution is 2.48. The number of alkyl halides is 5. The van der Waals surface area contributed by atoms with E-state index in [0.29, 0.717) is 63.1 Å². The summed E-state index contributed by atoms with van der Waals surface area (Å²) in [7, 11) is 0. The third-order valence-electron chi connectivity index (χ3n) is 9.13. The summed E-state index contributed by atoms with van der Waals surface area (Å²) in [4.78, 5) is 32.0. The van der Waals surface area contributed by atoms with Crippen LogP contribution >= 0.6 is 0 Å². The van der Waals surface area contributed by atoms with Crippen LogP contribution in [0.4, 0.5) is 26.7 Å². The third kappa shape index (κ3) is 8.15. The molecule has 0 N–H and O–H groups in total. The molecule has 3 aliphatic heterocycles. The van der Waals surface area contributed by atoms with Crippen LogP contribution in [0.3, 0.4) is 0 Å². The first-order valence-corrected chi connectivity index (χ1v) is 16.3. The van der Waals surface area contributed by atoms with E-state index in [4.69, 9.17) is 14.2 Å². The molecule has 3 aliphatic rings. The molecule has 0 saturated carbocycles. The van der Waals surface area contributed by atoms with Gasteiger partial charge >= 0.3 is 18.6 Å². The van der Waals surface area contributed by atoms with Gasteiger partial charge < -0.3 is 24.0 Å². The van der Waals surface area contributed by atoms with Gasteiger partial charge in [-0.15, -0.1) is 8.78 Å². The van der Waals surface area contributed by atoms with Gasteiger partial charge in [0.05, 0.1) is 11.6 Å². The van der Waals surface area contributed by atoms with Crippen LogP contribution in [0.5, 0.6) is 11.5 Å². The Labute approximate surface area is 278 Å². The van der Waals surface area contributed by atoms with Crippen LogP contribution in [0.1, 0.15) is 83.5 Å². The normalized spacial score (nSPS) is 21.3. The third-order valence-corrected chi connectivity index (χ3v) is 9.13. The van der Waals surface area contributed by atoms with E-state index < -0.39 is 35.1 Å². The van der Waals surface area contributed by atoms with Crippen molar-refractivity contribution in [3.05, 3.63) is 59.2 Å². The molecule has 2 fully saturated rings. The number of hydrogen-bond acceptors (Lipinski definition) is 6. The number of carbonyl (C=O) groups is 2. The summed E-state index contributed by atoms with van der Waals surface area (Å²) in [5.74, 6) is -0.238. The summed E-state index contributed by atoms with van der Waals surface area (Å²) in [5.41, 5.74) is -1.03. The smallest absolute Gasteiger partial charge is 0.444 e. The second kappa shape index (κ2) is 13.0. The molecule has 2 atom stereocenters. The number of hydrogen-bond donors (Lipinski definition) is 0. The maximum Gasteiger partial charge on any atom is 0.586 e. The molecule has 2 aromatic carbocycles. The van der Waals surface area contributed by atoms with Gasteiger partial charge in [0.2, 0.25) is 5.91 Å². The van der Waals surface area contributed by atoms with Crippen molar-refractivity contribution in [2.75, 3.05) is 32.7 Å². The van der Waals surface area contributed by atoms with Crippen molar-refractivity contribution in [1.29, 1.82) is 0 Å². The number of nitrogens with zero attached hydrogens (tertiary/aromatic N) is 3. The first kappa shape index (κ1) is 35.7. The van der Waals surface area contributed by atoms with Gasteiger partial charge in [0.15, 0.2) is 11.5 Å². The lowest BCUT2D eigenvalue weighted by molar-refractivity contribution is -0.287. The van der Waals surface area contributed by atoms with Gasteiger partial charge in [0, 0.05) is 50.7 Å². The molecule has 0 bridgehead atoms. The number of ether oxygens (including phenoxy) is 3. The number of rotatable bonds is 5. The predicted molar refractivity (Wildman–Crippen MR) is 168 cm³/mol. The lowest BCUT2D eigenvalue weighted by atomic mass is 9.82. The molecule has 0 aliphatic carbocycles.